The molecule has 2 atom stereocenters. The molecule has 2 aliphatic heterocycles. The third kappa shape index (κ3) is 2.07. The summed E-state index contributed by atoms with van der Waals surface area (Å²) < 4.78 is 5.35. The van der Waals surface area contributed by atoms with E-state index in [-0.39, 0.29) is 5.92 Å². The van der Waals surface area contributed by atoms with E-state index >= 15 is 0 Å². The molecule has 3 nitrogen and oxygen atoms in total. The van der Waals surface area contributed by atoms with E-state index in [9.17, 15) is 4.79 Å². The molecule has 2 saturated heterocycles. The van der Waals surface area contributed by atoms with Gasteiger partial charge in [-0.15, -0.1) is 0 Å². The molecular formula is C14H17NO2. The second kappa shape index (κ2) is 4.49. The highest BCUT2D eigenvalue weighted by atomic mass is 16.5. The summed E-state index contributed by atoms with van der Waals surface area (Å²) in [5.74, 6) is 1.00. The van der Waals surface area contributed by atoms with Gasteiger partial charge in [0.15, 0.2) is 0 Å². The molecule has 0 bridgehead atoms. The molecule has 0 spiro atoms. The van der Waals surface area contributed by atoms with Gasteiger partial charge in [0.25, 0.3) is 0 Å². The van der Waals surface area contributed by atoms with Crippen LogP contribution in [0.25, 0.3) is 0 Å². The molecule has 2 aliphatic rings. The third-order valence-electron chi connectivity index (χ3n) is 3.80. The Bertz CT molecular complexity index is 398. The quantitative estimate of drug-likeness (QED) is 0.741. The average Bonchev–Trinajstić information content (AvgIpc) is 2.88. The third-order valence-corrected chi connectivity index (χ3v) is 3.80. The van der Waals surface area contributed by atoms with Crippen molar-refractivity contribution in [2.75, 3.05) is 19.8 Å². The summed E-state index contributed by atoms with van der Waals surface area (Å²) in [6.07, 6.45) is 1.05. The van der Waals surface area contributed by atoms with Gasteiger partial charge in [-0.1, -0.05) is 30.3 Å². The number of benzene rings is 1. The summed E-state index contributed by atoms with van der Waals surface area (Å²) in [6.45, 7) is 3.26. The lowest BCUT2D eigenvalue weighted by Gasteiger charge is -2.41. The van der Waals surface area contributed by atoms with Gasteiger partial charge in [-0.25, -0.2) is 0 Å². The van der Waals surface area contributed by atoms with E-state index in [0.29, 0.717) is 11.8 Å². The maximum absolute atomic E-state index is 12.0. The predicted octanol–water partition coefficient (Wildman–Crippen LogP) is 1.68. The Kier molecular flexibility index (Phi) is 2.85. The SMILES string of the molecule is O=C1C(C2CCOC2)CN1Cc1ccccc1. The van der Waals surface area contributed by atoms with Crippen LogP contribution in [0, 0.1) is 11.8 Å². The average molecular weight is 231 g/mol. The molecular weight excluding hydrogens is 214 g/mol. The summed E-state index contributed by atoms with van der Waals surface area (Å²) in [6, 6.07) is 10.2. The molecule has 0 N–H and O–H groups in total. The molecule has 90 valence electrons. The van der Waals surface area contributed by atoms with Crippen molar-refractivity contribution in [1.29, 1.82) is 0 Å². The van der Waals surface area contributed by atoms with Crippen molar-refractivity contribution < 1.29 is 9.53 Å². The van der Waals surface area contributed by atoms with Gasteiger partial charge in [0.2, 0.25) is 5.91 Å². The molecule has 2 heterocycles. The molecule has 3 heteroatoms. The number of nitrogens with zero attached hydrogens (tertiary/aromatic N) is 1. The number of carbonyl (C=O) groups is 1. The van der Waals surface area contributed by atoms with E-state index in [0.717, 1.165) is 32.7 Å². The van der Waals surface area contributed by atoms with Crippen LogP contribution in [0.2, 0.25) is 0 Å². The predicted molar refractivity (Wildman–Crippen MR) is 64.3 cm³/mol. The molecule has 0 aromatic heterocycles. The lowest BCUT2D eigenvalue weighted by molar-refractivity contribution is -0.152. The summed E-state index contributed by atoms with van der Waals surface area (Å²) in [4.78, 5) is 14.0. The van der Waals surface area contributed by atoms with Crippen molar-refractivity contribution in [3.8, 4) is 0 Å². The van der Waals surface area contributed by atoms with Crippen molar-refractivity contribution in [1.82, 2.24) is 4.90 Å². The van der Waals surface area contributed by atoms with Crippen molar-refractivity contribution in [2.45, 2.75) is 13.0 Å². The number of carbonyl (C=O) groups excluding carboxylic acids is 1. The van der Waals surface area contributed by atoms with Gasteiger partial charge in [0, 0.05) is 19.7 Å². The van der Waals surface area contributed by atoms with E-state index in [4.69, 9.17) is 4.74 Å². The molecule has 0 aliphatic carbocycles. The van der Waals surface area contributed by atoms with Gasteiger partial charge < -0.3 is 9.64 Å². The van der Waals surface area contributed by atoms with E-state index in [1.807, 2.05) is 23.1 Å². The number of β-lactam (4-membered cyclic amide) rings is 1. The zero-order valence-corrected chi connectivity index (χ0v) is 9.84. The van der Waals surface area contributed by atoms with Gasteiger partial charge in [0.1, 0.15) is 0 Å². The van der Waals surface area contributed by atoms with Crippen LogP contribution in [0.3, 0.4) is 0 Å². The van der Waals surface area contributed by atoms with Crippen LogP contribution in [0.4, 0.5) is 0 Å². The Hall–Kier alpha value is -1.35. The largest absolute Gasteiger partial charge is 0.381 e. The minimum Gasteiger partial charge on any atom is -0.381 e. The second-order valence-electron chi connectivity index (χ2n) is 4.93. The van der Waals surface area contributed by atoms with Crippen LogP contribution in [-0.4, -0.2) is 30.6 Å². The number of hydrogen-bond donors (Lipinski definition) is 0. The first-order valence-corrected chi connectivity index (χ1v) is 6.25. The fraction of sp³-hybridized carbons (Fsp3) is 0.500. The van der Waals surface area contributed by atoms with Crippen molar-refractivity contribution in [3.63, 3.8) is 0 Å². The van der Waals surface area contributed by atoms with E-state index in [2.05, 4.69) is 12.1 Å². The highest BCUT2D eigenvalue weighted by Gasteiger charge is 2.42. The minimum absolute atomic E-state index is 0.223. The highest BCUT2D eigenvalue weighted by molar-refractivity contribution is 5.84. The smallest absolute Gasteiger partial charge is 0.228 e. The van der Waals surface area contributed by atoms with Gasteiger partial charge in [0.05, 0.1) is 12.5 Å². The highest BCUT2D eigenvalue weighted by Crippen LogP contribution is 2.31. The van der Waals surface area contributed by atoms with Gasteiger partial charge in [-0.05, 0) is 17.9 Å². The summed E-state index contributed by atoms with van der Waals surface area (Å²) >= 11 is 0. The maximum atomic E-state index is 12.0. The Labute approximate surface area is 101 Å². The molecule has 1 aromatic rings. The zero-order valence-electron chi connectivity index (χ0n) is 9.84. The standard InChI is InChI=1S/C14H17NO2/c16-14-13(12-6-7-17-10-12)9-15(14)8-11-4-2-1-3-5-11/h1-5,12-13H,6-10H2. The lowest BCUT2D eigenvalue weighted by atomic mass is 9.84. The Morgan fingerprint density at radius 2 is 2.12 bits per heavy atom. The zero-order chi connectivity index (χ0) is 11.7. The Morgan fingerprint density at radius 3 is 2.76 bits per heavy atom. The van der Waals surface area contributed by atoms with Crippen LogP contribution in [0.15, 0.2) is 30.3 Å². The van der Waals surface area contributed by atoms with E-state index < -0.39 is 0 Å². The van der Waals surface area contributed by atoms with E-state index in [1.165, 1.54) is 5.56 Å². The summed E-state index contributed by atoms with van der Waals surface area (Å²) in [5.41, 5.74) is 1.21. The Balaban J connectivity index is 1.57. The monoisotopic (exact) mass is 231 g/mol. The van der Waals surface area contributed by atoms with Gasteiger partial charge in [-0.2, -0.15) is 0 Å². The number of likely N-dealkylation sites (tertiary alicyclic amines) is 1. The van der Waals surface area contributed by atoms with Crippen molar-refractivity contribution in [2.24, 2.45) is 11.8 Å². The molecule has 1 amide bonds. The van der Waals surface area contributed by atoms with Crippen LogP contribution < -0.4 is 0 Å². The minimum atomic E-state index is 0.223. The van der Waals surface area contributed by atoms with Gasteiger partial charge in [-0.3, -0.25) is 4.79 Å². The number of amides is 1. The topological polar surface area (TPSA) is 29.5 Å². The molecule has 0 radical (unpaired) electrons. The second-order valence-corrected chi connectivity index (χ2v) is 4.93. The molecule has 17 heavy (non-hydrogen) atoms. The molecule has 2 unspecified atom stereocenters. The number of rotatable bonds is 3. The summed E-state index contributed by atoms with van der Waals surface area (Å²) in [7, 11) is 0. The van der Waals surface area contributed by atoms with Crippen molar-refractivity contribution >= 4 is 5.91 Å². The molecule has 1 aromatic carbocycles. The number of ether oxygens (including phenoxy) is 1. The van der Waals surface area contributed by atoms with Gasteiger partial charge >= 0.3 is 0 Å². The first-order valence-electron chi connectivity index (χ1n) is 6.25. The maximum Gasteiger partial charge on any atom is 0.228 e. The fourth-order valence-electron chi connectivity index (χ4n) is 2.69. The normalized spacial score (nSPS) is 28.2. The number of hydrogen-bond acceptors (Lipinski definition) is 2. The molecule has 0 saturated carbocycles. The van der Waals surface area contributed by atoms with Crippen LogP contribution in [0.5, 0.6) is 0 Å². The molecule has 3 rings (SSSR count). The van der Waals surface area contributed by atoms with Crippen LogP contribution in [0.1, 0.15) is 12.0 Å². The Morgan fingerprint density at radius 1 is 1.29 bits per heavy atom. The van der Waals surface area contributed by atoms with Crippen molar-refractivity contribution in [3.05, 3.63) is 35.9 Å². The van der Waals surface area contributed by atoms with Crippen LogP contribution >= 0.6 is 0 Å². The first-order chi connectivity index (χ1) is 8.34. The van der Waals surface area contributed by atoms with Crippen LogP contribution in [-0.2, 0) is 16.1 Å². The molecule has 2 fully saturated rings. The fourth-order valence-corrected chi connectivity index (χ4v) is 2.69. The first kappa shape index (κ1) is 10.8. The summed E-state index contributed by atoms with van der Waals surface area (Å²) in [5, 5.41) is 0. The van der Waals surface area contributed by atoms with E-state index in [1.54, 1.807) is 0 Å². The lowest BCUT2D eigenvalue weighted by Crippen LogP contribution is -2.54.